The lowest BCUT2D eigenvalue weighted by atomic mass is 10.2. The predicted octanol–water partition coefficient (Wildman–Crippen LogP) is 2.01. The Bertz CT molecular complexity index is 666. The maximum absolute atomic E-state index is 11.5. The third-order valence-corrected chi connectivity index (χ3v) is 4.62. The third-order valence-electron chi connectivity index (χ3n) is 2.44. The second kappa shape index (κ2) is 5.85. The van der Waals surface area contributed by atoms with Crippen LogP contribution >= 0.6 is 15.9 Å². The van der Waals surface area contributed by atoms with E-state index in [0.29, 0.717) is 5.76 Å². The largest absolute Gasteiger partial charge is 0.440 e. The van der Waals surface area contributed by atoms with Gasteiger partial charge in [0.05, 0.1) is 18.6 Å². The highest BCUT2D eigenvalue weighted by molar-refractivity contribution is 9.10. The van der Waals surface area contributed by atoms with Crippen molar-refractivity contribution < 1.29 is 17.9 Å². The summed E-state index contributed by atoms with van der Waals surface area (Å²) >= 11 is 3.39. The van der Waals surface area contributed by atoms with Gasteiger partial charge in [-0.2, -0.15) is 0 Å². The van der Waals surface area contributed by atoms with Crippen LogP contribution in [-0.2, 0) is 15.6 Å². The molecule has 0 amide bonds. The van der Waals surface area contributed by atoms with Crippen molar-refractivity contribution in [2.75, 3.05) is 12.4 Å². The van der Waals surface area contributed by atoms with E-state index in [0.717, 1.165) is 10.0 Å². The first-order valence-electron chi connectivity index (χ1n) is 5.53. The smallest absolute Gasteiger partial charge is 0.210 e. The van der Waals surface area contributed by atoms with E-state index in [4.69, 9.17) is 9.52 Å². The van der Waals surface area contributed by atoms with E-state index in [2.05, 4.69) is 20.9 Å². The van der Waals surface area contributed by atoms with Crippen molar-refractivity contribution in [2.45, 2.75) is 5.75 Å². The minimum absolute atomic E-state index is 0.124. The first kappa shape index (κ1) is 14.2. The molecule has 0 atom stereocenters. The summed E-state index contributed by atoms with van der Waals surface area (Å²) in [6.45, 7) is -0.403. The van der Waals surface area contributed by atoms with Crippen LogP contribution in [0.5, 0.6) is 0 Å². The molecule has 0 aliphatic carbocycles. The average molecular weight is 346 g/mol. The number of oxazole rings is 1. The van der Waals surface area contributed by atoms with Crippen molar-refractivity contribution in [3.8, 4) is 11.3 Å². The Morgan fingerprint density at radius 3 is 2.74 bits per heavy atom. The zero-order valence-electron chi connectivity index (χ0n) is 9.91. The molecule has 0 aliphatic rings. The Hall–Kier alpha value is -1.18. The van der Waals surface area contributed by atoms with Crippen molar-refractivity contribution >= 4 is 25.8 Å². The molecule has 0 fully saturated rings. The molecular weight excluding hydrogens is 334 g/mol. The van der Waals surface area contributed by atoms with Crippen LogP contribution in [-0.4, -0.2) is 30.9 Å². The second-order valence-corrected chi connectivity index (χ2v) is 6.95. The summed E-state index contributed by atoms with van der Waals surface area (Å²) in [5.41, 5.74) is 0.806. The summed E-state index contributed by atoms with van der Waals surface area (Å²) in [6, 6.07) is 7.43. The quantitative estimate of drug-likeness (QED) is 0.896. The fourth-order valence-corrected chi connectivity index (χ4v) is 2.97. The Morgan fingerprint density at radius 2 is 2.05 bits per heavy atom. The maximum atomic E-state index is 11.5. The van der Waals surface area contributed by atoms with Crippen molar-refractivity contribution in [3.05, 3.63) is 40.8 Å². The summed E-state index contributed by atoms with van der Waals surface area (Å²) in [7, 11) is -3.38. The minimum atomic E-state index is -3.38. The van der Waals surface area contributed by atoms with Crippen LogP contribution < -0.4 is 0 Å². The number of hydrogen-bond donors (Lipinski definition) is 1. The topological polar surface area (TPSA) is 80.4 Å². The molecule has 0 saturated heterocycles. The molecule has 0 bridgehead atoms. The number of benzene rings is 1. The second-order valence-electron chi connectivity index (χ2n) is 3.91. The van der Waals surface area contributed by atoms with Gasteiger partial charge in [-0.15, -0.1) is 0 Å². The molecule has 1 heterocycles. The van der Waals surface area contributed by atoms with Gasteiger partial charge in [-0.3, -0.25) is 0 Å². The van der Waals surface area contributed by atoms with Crippen molar-refractivity contribution in [1.29, 1.82) is 0 Å². The predicted molar refractivity (Wildman–Crippen MR) is 74.2 cm³/mol. The van der Waals surface area contributed by atoms with Gasteiger partial charge in [-0.1, -0.05) is 34.1 Å². The molecule has 0 aliphatic heterocycles. The number of nitrogens with zero attached hydrogens (tertiary/aromatic N) is 1. The lowest BCUT2D eigenvalue weighted by Crippen LogP contribution is -2.12. The molecule has 5 nitrogen and oxygen atoms in total. The highest BCUT2D eigenvalue weighted by Crippen LogP contribution is 2.28. The van der Waals surface area contributed by atoms with Gasteiger partial charge in [-0.25, -0.2) is 13.4 Å². The Morgan fingerprint density at radius 1 is 1.32 bits per heavy atom. The standard InChI is InChI=1S/C12H12BrNO4S/c13-10-4-2-1-3-9(10)11-7-14-12(18-11)8-19(16,17)6-5-15/h1-4,7,15H,5-6,8H2. The van der Waals surface area contributed by atoms with E-state index >= 15 is 0 Å². The minimum Gasteiger partial charge on any atom is -0.440 e. The molecule has 0 saturated carbocycles. The van der Waals surface area contributed by atoms with Crippen LogP contribution in [0.15, 0.2) is 39.4 Å². The van der Waals surface area contributed by atoms with Crippen LogP contribution in [0.4, 0.5) is 0 Å². The van der Waals surface area contributed by atoms with E-state index in [-0.39, 0.29) is 17.4 Å². The van der Waals surface area contributed by atoms with E-state index < -0.39 is 16.4 Å². The summed E-state index contributed by atoms with van der Waals surface area (Å²) < 4.78 is 29.4. The van der Waals surface area contributed by atoms with Crippen LogP contribution in [0.3, 0.4) is 0 Å². The first-order valence-corrected chi connectivity index (χ1v) is 8.14. The highest BCUT2D eigenvalue weighted by atomic mass is 79.9. The number of sulfone groups is 1. The lowest BCUT2D eigenvalue weighted by molar-refractivity contribution is 0.319. The SMILES string of the molecule is O=S(=O)(CCO)Cc1ncc(-c2ccccc2Br)o1. The van der Waals surface area contributed by atoms with Gasteiger partial charge < -0.3 is 9.52 Å². The monoisotopic (exact) mass is 345 g/mol. The van der Waals surface area contributed by atoms with E-state index in [1.54, 1.807) is 0 Å². The zero-order chi connectivity index (χ0) is 13.9. The first-order chi connectivity index (χ1) is 9.02. The van der Waals surface area contributed by atoms with E-state index in [1.807, 2.05) is 24.3 Å². The molecule has 1 aromatic heterocycles. The zero-order valence-corrected chi connectivity index (χ0v) is 12.3. The van der Waals surface area contributed by atoms with Crippen LogP contribution in [0.25, 0.3) is 11.3 Å². The molecule has 0 radical (unpaired) electrons. The number of aromatic nitrogens is 1. The van der Waals surface area contributed by atoms with Gasteiger partial charge in [0.25, 0.3) is 0 Å². The van der Waals surface area contributed by atoms with Gasteiger partial charge in [-0.05, 0) is 6.07 Å². The van der Waals surface area contributed by atoms with E-state index in [9.17, 15) is 8.42 Å². The molecule has 19 heavy (non-hydrogen) atoms. The molecule has 0 spiro atoms. The van der Waals surface area contributed by atoms with Crippen LogP contribution in [0.1, 0.15) is 5.89 Å². The summed E-state index contributed by atoms with van der Waals surface area (Å²) in [5.74, 6) is 0.0264. The number of hydrogen-bond acceptors (Lipinski definition) is 5. The van der Waals surface area contributed by atoms with Gasteiger partial charge in [0.2, 0.25) is 5.89 Å². The third kappa shape index (κ3) is 3.65. The van der Waals surface area contributed by atoms with Gasteiger partial charge in [0.15, 0.2) is 15.6 Å². The molecule has 7 heteroatoms. The molecule has 1 aromatic carbocycles. The maximum Gasteiger partial charge on any atom is 0.210 e. The van der Waals surface area contributed by atoms with Crippen molar-refractivity contribution in [2.24, 2.45) is 0 Å². The molecule has 2 aromatic rings. The number of aliphatic hydroxyl groups excluding tert-OH is 1. The van der Waals surface area contributed by atoms with Gasteiger partial charge >= 0.3 is 0 Å². The number of aliphatic hydroxyl groups is 1. The normalized spacial score (nSPS) is 11.7. The fourth-order valence-electron chi connectivity index (χ4n) is 1.56. The molecule has 102 valence electrons. The van der Waals surface area contributed by atoms with Crippen molar-refractivity contribution in [1.82, 2.24) is 4.98 Å². The van der Waals surface area contributed by atoms with E-state index in [1.165, 1.54) is 6.20 Å². The summed E-state index contributed by atoms with van der Waals surface area (Å²) in [5, 5.41) is 8.66. The molecule has 0 unspecified atom stereocenters. The fraction of sp³-hybridized carbons (Fsp3) is 0.250. The Balaban J connectivity index is 2.23. The summed E-state index contributed by atoms with van der Waals surface area (Å²) in [4.78, 5) is 3.95. The molecule has 2 rings (SSSR count). The van der Waals surface area contributed by atoms with Crippen molar-refractivity contribution in [3.63, 3.8) is 0 Å². The molecule has 1 N–H and O–H groups in total. The van der Waals surface area contributed by atoms with Gasteiger partial charge in [0, 0.05) is 10.0 Å². The lowest BCUT2D eigenvalue weighted by Gasteiger charge is -2.00. The Labute approximate surface area is 119 Å². The summed E-state index contributed by atoms with van der Waals surface area (Å²) in [6.07, 6.45) is 1.49. The average Bonchev–Trinajstić information content (AvgIpc) is 2.77. The Kier molecular flexibility index (Phi) is 4.38. The van der Waals surface area contributed by atoms with Gasteiger partial charge in [0.1, 0.15) is 5.75 Å². The van der Waals surface area contributed by atoms with Crippen LogP contribution in [0, 0.1) is 0 Å². The number of halogens is 1. The highest BCUT2D eigenvalue weighted by Gasteiger charge is 2.16. The van der Waals surface area contributed by atoms with Crippen LogP contribution in [0.2, 0.25) is 0 Å². The molecular formula is C12H12BrNO4S. The number of rotatable bonds is 5.